The van der Waals surface area contributed by atoms with Gasteiger partial charge in [-0.3, -0.25) is 0 Å². The predicted molar refractivity (Wildman–Crippen MR) is 85.6 cm³/mol. The zero-order valence-corrected chi connectivity index (χ0v) is 13.6. The molecule has 21 heavy (non-hydrogen) atoms. The maximum atomic E-state index is 13.7. The molecule has 0 saturated heterocycles. The lowest BCUT2D eigenvalue weighted by Gasteiger charge is -2.02. The molecule has 0 spiro atoms. The Bertz CT molecular complexity index is 554. The lowest BCUT2D eigenvalue weighted by Crippen LogP contribution is -2.16. The van der Waals surface area contributed by atoms with Gasteiger partial charge in [0.2, 0.25) is 0 Å². The first kappa shape index (κ1) is 16.3. The lowest BCUT2D eigenvalue weighted by molar-refractivity contribution is 0.613. The minimum absolute atomic E-state index is 0.289. The maximum absolute atomic E-state index is 13.7. The summed E-state index contributed by atoms with van der Waals surface area (Å²) >= 11 is 7.56. The summed E-state index contributed by atoms with van der Waals surface area (Å²) in [5.74, 6) is -0.289. The second-order valence-corrected chi connectivity index (χ2v) is 6.37. The molecule has 0 amide bonds. The predicted octanol–water partition coefficient (Wildman–Crippen LogP) is 3.85. The largest absolute Gasteiger partial charge is 0.317 e. The topological polar surface area (TPSA) is 37.8 Å². The molecule has 1 N–H and O–H groups in total. The molecule has 0 saturated carbocycles. The molecule has 2 aromatic rings. The van der Waals surface area contributed by atoms with E-state index in [1.807, 2.05) is 0 Å². The Morgan fingerprint density at radius 2 is 2.05 bits per heavy atom. The van der Waals surface area contributed by atoms with E-state index in [2.05, 4.69) is 22.4 Å². The van der Waals surface area contributed by atoms with E-state index < -0.39 is 0 Å². The minimum atomic E-state index is -0.289. The number of benzene rings is 1. The van der Waals surface area contributed by atoms with Crippen molar-refractivity contribution in [3.63, 3.8) is 0 Å². The van der Waals surface area contributed by atoms with Gasteiger partial charge in [-0.05, 0) is 38.1 Å². The third-order valence-electron chi connectivity index (χ3n) is 3.07. The number of nitrogens with one attached hydrogen (secondary N) is 1. The van der Waals surface area contributed by atoms with Crippen LogP contribution in [0.15, 0.2) is 18.2 Å². The van der Waals surface area contributed by atoms with Crippen LogP contribution in [0.1, 0.15) is 35.3 Å². The third kappa shape index (κ3) is 5.02. The molecule has 0 radical (unpaired) electrons. The average molecular weight is 328 g/mol. The summed E-state index contributed by atoms with van der Waals surface area (Å²) in [5, 5.41) is 13.9. The van der Waals surface area contributed by atoms with E-state index in [4.69, 9.17) is 11.6 Å². The van der Waals surface area contributed by atoms with Crippen LogP contribution < -0.4 is 5.32 Å². The van der Waals surface area contributed by atoms with Gasteiger partial charge in [0.25, 0.3) is 0 Å². The van der Waals surface area contributed by atoms with Crippen molar-refractivity contribution < 1.29 is 4.39 Å². The van der Waals surface area contributed by atoms with Crippen molar-refractivity contribution in [1.29, 1.82) is 0 Å². The highest BCUT2D eigenvalue weighted by Gasteiger charge is 2.11. The fraction of sp³-hybridized carbons (Fsp3) is 0.467. The molecular weight excluding hydrogens is 309 g/mol. The summed E-state index contributed by atoms with van der Waals surface area (Å²) in [4.78, 5) is 0. The van der Waals surface area contributed by atoms with Gasteiger partial charge in [0.1, 0.15) is 15.8 Å². The van der Waals surface area contributed by atoms with Gasteiger partial charge in [0.05, 0.1) is 0 Å². The average Bonchev–Trinajstić information content (AvgIpc) is 2.91. The van der Waals surface area contributed by atoms with Crippen molar-refractivity contribution in [1.82, 2.24) is 15.5 Å². The van der Waals surface area contributed by atoms with E-state index in [0.29, 0.717) is 17.0 Å². The third-order valence-corrected chi connectivity index (χ3v) is 4.41. The number of halogens is 2. The van der Waals surface area contributed by atoms with Gasteiger partial charge in [-0.2, -0.15) is 0 Å². The van der Waals surface area contributed by atoms with Crippen LogP contribution in [-0.2, 0) is 12.8 Å². The Labute approximate surface area is 133 Å². The van der Waals surface area contributed by atoms with Crippen LogP contribution in [0, 0.1) is 5.82 Å². The molecule has 0 aliphatic carbocycles. The van der Waals surface area contributed by atoms with E-state index in [-0.39, 0.29) is 5.82 Å². The fourth-order valence-electron chi connectivity index (χ4n) is 1.98. The second kappa shape index (κ2) is 8.41. The normalized spacial score (nSPS) is 11.0. The highest BCUT2D eigenvalue weighted by molar-refractivity contribution is 7.11. The number of aromatic nitrogens is 2. The van der Waals surface area contributed by atoms with E-state index >= 15 is 0 Å². The number of rotatable bonds is 8. The Kier molecular flexibility index (Phi) is 6.54. The van der Waals surface area contributed by atoms with E-state index in [9.17, 15) is 4.39 Å². The van der Waals surface area contributed by atoms with Crippen LogP contribution in [0.3, 0.4) is 0 Å². The molecule has 1 heterocycles. The lowest BCUT2D eigenvalue weighted by atomic mass is 10.1. The summed E-state index contributed by atoms with van der Waals surface area (Å²) in [6, 6.07) is 4.72. The molecule has 0 unspecified atom stereocenters. The maximum Gasteiger partial charge on any atom is 0.128 e. The molecular formula is C15H19ClFN3S. The smallest absolute Gasteiger partial charge is 0.128 e. The van der Waals surface area contributed by atoms with E-state index in [0.717, 1.165) is 42.4 Å². The van der Waals surface area contributed by atoms with Crippen molar-refractivity contribution in [2.24, 2.45) is 0 Å². The molecule has 114 valence electrons. The highest BCUT2D eigenvalue weighted by atomic mass is 35.5. The molecule has 1 aromatic carbocycles. The summed E-state index contributed by atoms with van der Waals surface area (Å²) in [6.07, 6.45) is 3.48. The van der Waals surface area contributed by atoms with Gasteiger partial charge in [-0.15, -0.1) is 21.5 Å². The molecule has 2 rings (SSSR count). The molecule has 0 aliphatic heterocycles. The minimum Gasteiger partial charge on any atom is -0.317 e. The van der Waals surface area contributed by atoms with Crippen LogP contribution in [0.25, 0.3) is 0 Å². The van der Waals surface area contributed by atoms with Crippen LogP contribution in [0.5, 0.6) is 0 Å². The standard InChI is InChI=1S/C15H19ClFN3S/c1-2-8-18-9-4-7-14-19-20-15(21-14)10-11-12(16)5-3-6-13(11)17/h3,5-6,18H,2,4,7-10H2,1H3. The van der Waals surface area contributed by atoms with Gasteiger partial charge < -0.3 is 5.32 Å². The molecule has 1 aromatic heterocycles. The number of hydrogen-bond acceptors (Lipinski definition) is 4. The van der Waals surface area contributed by atoms with Crippen LogP contribution >= 0.6 is 22.9 Å². The zero-order chi connectivity index (χ0) is 15.1. The monoisotopic (exact) mass is 327 g/mol. The Hall–Kier alpha value is -1.04. The molecule has 3 nitrogen and oxygen atoms in total. The summed E-state index contributed by atoms with van der Waals surface area (Å²) < 4.78 is 13.7. The summed E-state index contributed by atoms with van der Waals surface area (Å²) in [6.45, 7) is 4.19. The van der Waals surface area contributed by atoms with E-state index in [1.165, 1.54) is 17.4 Å². The Morgan fingerprint density at radius 1 is 1.24 bits per heavy atom. The van der Waals surface area contributed by atoms with Gasteiger partial charge in [-0.1, -0.05) is 24.6 Å². The summed E-state index contributed by atoms with van der Waals surface area (Å²) in [5.41, 5.74) is 0.492. The quantitative estimate of drug-likeness (QED) is 0.748. The molecule has 6 heteroatoms. The first-order valence-corrected chi connectivity index (χ1v) is 8.35. The second-order valence-electron chi connectivity index (χ2n) is 4.82. The molecule has 0 bridgehead atoms. The molecule has 0 atom stereocenters. The first-order chi connectivity index (χ1) is 10.2. The zero-order valence-electron chi connectivity index (χ0n) is 12.0. The van der Waals surface area contributed by atoms with E-state index in [1.54, 1.807) is 12.1 Å². The van der Waals surface area contributed by atoms with Crippen LogP contribution in [0.2, 0.25) is 5.02 Å². The van der Waals surface area contributed by atoms with Crippen molar-refractivity contribution in [2.75, 3.05) is 13.1 Å². The first-order valence-electron chi connectivity index (χ1n) is 7.15. The Balaban J connectivity index is 1.88. The SMILES string of the molecule is CCCNCCCc1nnc(Cc2c(F)cccc2Cl)s1. The number of hydrogen-bond donors (Lipinski definition) is 1. The Morgan fingerprint density at radius 3 is 2.81 bits per heavy atom. The van der Waals surface area contributed by atoms with Gasteiger partial charge in [-0.25, -0.2) is 4.39 Å². The van der Waals surface area contributed by atoms with Gasteiger partial charge in [0, 0.05) is 23.4 Å². The van der Waals surface area contributed by atoms with Crippen LogP contribution in [-0.4, -0.2) is 23.3 Å². The van der Waals surface area contributed by atoms with Gasteiger partial charge >= 0.3 is 0 Å². The van der Waals surface area contributed by atoms with Crippen molar-refractivity contribution in [2.45, 2.75) is 32.6 Å². The number of aryl methyl sites for hydroxylation is 1. The number of nitrogens with zero attached hydrogens (tertiary/aromatic N) is 2. The van der Waals surface area contributed by atoms with Gasteiger partial charge in [0.15, 0.2) is 0 Å². The van der Waals surface area contributed by atoms with Crippen LogP contribution in [0.4, 0.5) is 4.39 Å². The molecule has 0 fully saturated rings. The fourth-order valence-corrected chi connectivity index (χ4v) is 3.11. The van der Waals surface area contributed by atoms with Crippen molar-refractivity contribution >= 4 is 22.9 Å². The van der Waals surface area contributed by atoms with Crippen molar-refractivity contribution in [3.05, 3.63) is 44.6 Å². The highest BCUT2D eigenvalue weighted by Crippen LogP contribution is 2.23. The molecule has 0 aliphatic rings. The summed E-state index contributed by atoms with van der Waals surface area (Å²) in [7, 11) is 0. The van der Waals surface area contributed by atoms with Crippen molar-refractivity contribution in [3.8, 4) is 0 Å².